The number of hydrogen-bond acceptors (Lipinski definition) is 5. The number of hydrogen-bond donors (Lipinski definition) is 1. The van der Waals surface area contributed by atoms with Crippen molar-refractivity contribution >= 4 is 21.7 Å². The number of nitrogens with one attached hydrogen (secondary N) is 1. The molecule has 7 nitrogen and oxygen atoms in total. The first-order valence-electron chi connectivity index (χ1n) is 11.8. The second-order valence-corrected chi connectivity index (χ2v) is 11.8. The van der Waals surface area contributed by atoms with Crippen LogP contribution in [0.15, 0.2) is 35.5 Å². The Labute approximate surface area is 222 Å². The molecule has 0 bridgehead atoms. The van der Waals surface area contributed by atoms with Gasteiger partial charge in [0, 0.05) is 30.8 Å². The minimum atomic E-state index is -5.21. The van der Waals surface area contributed by atoms with E-state index in [4.69, 9.17) is 0 Å². The fourth-order valence-corrected chi connectivity index (χ4v) is 5.32. The number of carbonyl (C=O) groups is 2. The quantitative estimate of drug-likeness (QED) is 0.496. The lowest BCUT2D eigenvalue weighted by Gasteiger charge is -2.30. The Hall–Kier alpha value is -3.30. The molecule has 4 rings (SSSR count). The first-order chi connectivity index (χ1) is 18.4. The van der Waals surface area contributed by atoms with Crippen LogP contribution >= 0.6 is 0 Å². The molecule has 218 valence electrons. The number of likely N-dealkylation sites (tertiary alicyclic amines) is 1. The molecule has 1 aliphatic carbocycles. The molecular formula is C24H21F8N3O4S. The van der Waals surface area contributed by atoms with Gasteiger partial charge < -0.3 is 10.2 Å². The van der Waals surface area contributed by atoms with Gasteiger partial charge in [0.25, 0.3) is 5.91 Å². The minimum Gasteiger partial charge on any atom is -0.347 e. The molecule has 1 saturated carbocycles. The monoisotopic (exact) mass is 599 g/mol. The van der Waals surface area contributed by atoms with Crippen molar-refractivity contribution in [2.75, 3.05) is 12.8 Å². The number of sulfone groups is 1. The molecular weight excluding hydrogens is 578 g/mol. The summed E-state index contributed by atoms with van der Waals surface area (Å²) in [5.74, 6) is -8.80. The Kier molecular flexibility index (Phi) is 7.62. The zero-order valence-corrected chi connectivity index (χ0v) is 21.3. The lowest BCUT2D eigenvalue weighted by Crippen LogP contribution is -2.52. The number of carbonyl (C=O) groups excluding carboxylic acids is 2. The predicted octanol–water partition coefficient (Wildman–Crippen LogP) is 4.44. The molecule has 2 heterocycles. The number of amides is 2. The summed E-state index contributed by atoms with van der Waals surface area (Å²) >= 11 is 0. The zero-order chi connectivity index (χ0) is 29.8. The molecule has 2 amide bonds. The van der Waals surface area contributed by atoms with Crippen LogP contribution in [0, 0.1) is 23.5 Å². The third kappa shape index (κ3) is 6.05. The topological polar surface area (TPSA) is 96.4 Å². The molecule has 40 heavy (non-hydrogen) atoms. The van der Waals surface area contributed by atoms with Gasteiger partial charge in [-0.05, 0) is 43.4 Å². The zero-order valence-electron chi connectivity index (χ0n) is 20.5. The van der Waals surface area contributed by atoms with Crippen LogP contribution in [0.4, 0.5) is 35.1 Å². The second kappa shape index (κ2) is 10.3. The molecule has 1 N–H and O–H groups in total. The van der Waals surface area contributed by atoms with Gasteiger partial charge in [-0.1, -0.05) is 0 Å². The standard InChI is InChI=1S/C24H21F8N3O4S/c1-40(38,39)13-6-12(9-33-10-13)22(37)35-5-4-15(23(27,28)29)20(35)21(36)34-19(11-2-3-11)14-7-18(26)16(8-17(14)25)24(30,31)32/h6-11,15,19-20H,2-5H2,1H3,(H,34,36)/t15-,19+,20-/m0/s1. The van der Waals surface area contributed by atoms with Gasteiger partial charge in [0.1, 0.15) is 17.7 Å². The first kappa shape index (κ1) is 29.7. The van der Waals surface area contributed by atoms with E-state index in [1.807, 2.05) is 0 Å². The number of benzene rings is 1. The molecule has 0 radical (unpaired) electrons. The average molecular weight is 600 g/mol. The Balaban J connectivity index is 1.68. The van der Waals surface area contributed by atoms with E-state index in [0.717, 1.165) is 24.7 Å². The Bertz CT molecular complexity index is 1440. The van der Waals surface area contributed by atoms with Crippen molar-refractivity contribution in [1.29, 1.82) is 0 Å². The Morgan fingerprint density at radius 2 is 1.65 bits per heavy atom. The van der Waals surface area contributed by atoms with Crippen LogP contribution in [0.3, 0.4) is 0 Å². The highest BCUT2D eigenvalue weighted by Gasteiger charge is 2.55. The van der Waals surface area contributed by atoms with Crippen molar-refractivity contribution < 1.29 is 53.1 Å². The van der Waals surface area contributed by atoms with Crippen LogP contribution in [0.5, 0.6) is 0 Å². The van der Waals surface area contributed by atoms with Gasteiger partial charge in [0.2, 0.25) is 5.91 Å². The largest absolute Gasteiger partial charge is 0.419 e. The second-order valence-electron chi connectivity index (χ2n) is 9.74. The van der Waals surface area contributed by atoms with E-state index in [1.54, 1.807) is 0 Å². The molecule has 2 aromatic rings. The maximum Gasteiger partial charge on any atom is 0.419 e. The predicted molar refractivity (Wildman–Crippen MR) is 121 cm³/mol. The number of alkyl halides is 6. The number of rotatable bonds is 6. The van der Waals surface area contributed by atoms with E-state index >= 15 is 0 Å². The molecule has 0 unspecified atom stereocenters. The van der Waals surface area contributed by atoms with Crippen molar-refractivity contribution in [2.24, 2.45) is 11.8 Å². The third-order valence-electron chi connectivity index (χ3n) is 6.85. The number of halogens is 8. The van der Waals surface area contributed by atoms with Crippen molar-refractivity contribution in [3.8, 4) is 0 Å². The molecule has 2 fully saturated rings. The van der Waals surface area contributed by atoms with Crippen molar-refractivity contribution in [1.82, 2.24) is 15.2 Å². The summed E-state index contributed by atoms with van der Waals surface area (Å²) < 4.78 is 133. The van der Waals surface area contributed by atoms with Crippen LogP contribution in [0.1, 0.15) is 46.8 Å². The molecule has 1 aromatic carbocycles. The minimum absolute atomic E-state index is 0.0854. The molecule has 1 aromatic heterocycles. The lowest BCUT2D eigenvalue weighted by molar-refractivity contribution is -0.182. The third-order valence-corrected chi connectivity index (χ3v) is 7.93. The van der Waals surface area contributed by atoms with E-state index in [9.17, 15) is 53.1 Å². The highest BCUT2D eigenvalue weighted by atomic mass is 32.2. The van der Waals surface area contributed by atoms with Gasteiger partial charge in [-0.3, -0.25) is 14.6 Å². The normalized spacial score (nSPS) is 20.9. The summed E-state index contributed by atoms with van der Waals surface area (Å²) in [5.41, 5.74) is -2.96. The average Bonchev–Trinajstić information content (AvgIpc) is 3.57. The molecule has 16 heteroatoms. The summed E-state index contributed by atoms with van der Waals surface area (Å²) in [5, 5.41) is 2.21. The maximum atomic E-state index is 14.7. The Morgan fingerprint density at radius 1 is 1.00 bits per heavy atom. The van der Waals surface area contributed by atoms with Crippen molar-refractivity contribution in [2.45, 2.75) is 48.6 Å². The Morgan fingerprint density at radius 3 is 2.20 bits per heavy atom. The molecule has 3 atom stereocenters. The fourth-order valence-electron chi connectivity index (χ4n) is 4.73. The van der Waals surface area contributed by atoms with Crippen LogP contribution < -0.4 is 5.32 Å². The van der Waals surface area contributed by atoms with Crippen LogP contribution in [0.2, 0.25) is 0 Å². The van der Waals surface area contributed by atoms with E-state index < -0.39 is 99.2 Å². The van der Waals surface area contributed by atoms with Gasteiger partial charge in [-0.15, -0.1) is 0 Å². The molecule has 1 saturated heterocycles. The van der Waals surface area contributed by atoms with Gasteiger partial charge in [-0.25, -0.2) is 17.2 Å². The lowest BCUT2D eigenvalue weighted by atomic mass is 9.95. The van der Waals surface area contributed by atoms with Crippen molar-refractivity contribution in [3.05, 3.63) is 58.9 Å². The molecule has 1 aliphatic heterocycles. The van der Waals surface area contributed by atoms with E-state index in [-0.39, 0.29) is 17.0 Å². The molecule has 2 aliphatic rings. The highest BCUT2D eigenvalue weighted by Crippen LogP contribution is 2.44. The van der Waals surface area contributed by atoms with E-state index in [0.29, 0.717) is 17.7 Å². The first-order valence-corrected chi connectivity index (χ1v) is 13.7. The smallest absolute Gasteiger partial charge is 0.347 e. The van der Waals surface area contributed by atoms with Gasteiger partial charge in [0.05, 0.1) is 28.0 Å². The number of aromatic nitrogens is 1. The summed E-state index contributed by atoms with van der Waals surface area (Å²) in [4.78, 5) is 30.3. The summed E-state index contributed by atoms with van der Waals surface area (Å²) in [6, 6.07) is -2.59. The fraction of sp³-hybridized carbons (Fsp3) is 0.458. The SMILES string of the molecule is CS(=O)(=O)c1cncc(C(=O)N2CC[C@H](C(F)(F)F)[C@H]2C(=O)N[C@@H](c2cc(F)c(C(F)(F)F)cc2F)C2CC2)c1. The van der Waals surface area contributed by atoms with Gasteiger partial charge >= 0.3 is 12.4 Å². The summed E-state index contributed by atoms with van der Waals surface area (Å²) in [7, 11) is -3.84. The number of pyridine rings is 1. The maximum absolute atomic E-state index is 14.7. The van der Waals surface area contributed by atoms with E-state index in [1.165, 1.54) is 0 Å². The summed E-state index contributed by atoms with van der Waals surface area (Å²) in [6.45, 7) is -0.554. The van der Waals surface area contributed by atoms with Crippen LogP contribution in [-0.4, -0.2) is 55.1 Å². The highest BCUT2D eigenvalue weighted by molar-refractivity contribution is 7.90. The van der Waals surface area contributed by atoms with Gasteiger partial charge in [0.15, 0.2) is 9.84 Å². The van der Waals surface area contributed by atoms with Crippen molar-refractivity contribution in [3.63, 3.8) is 0 Å². The number of nitrogens with zero attached hydrogens (tertiary/aromatic N) is 2. The van der Waals surface area contributed by atoms with E-state index in [2.05, 4.69) is 10.3 Å². The van der Waals surface area contributed by atoms with Gasteiger partial charge in [-0.2, -0.15) is 26.3 Å². The van der Waals surface area contributed by atoms with Crippen LogP contribution in [0.25, 0.3) is 0 Å². The molecule has 0 spiro atoms. The van der Waals surface area contributed by atoms with Crippen LogP contribution in [-0.2, 0) is 20.8 Å². The summed E-state index contributed by atoms with van der Waals surface area (Å²) in [6.07, 6.45) is -7.55.